The van der Waals surface area contributed by atoms with Crippen LogP contribution in [0.5, 0.6) is 0 Å². The number of nitrogens with one attached hydrogen (secondary N) is 1. The molecule has 9 heteroatoms. The third-order valence-electron chi connectivity index (χ3n) is 5.95. The molecule has 1 N–H and O–H groups in total. The van der Waals surface area contributed by atoms with Gasteiger partial charge in [-0.25, -0.2) is 14.8 Å². The Balaban J connectivity index is 1.17. The van der Waals surface area contributed by atoms with Crippen LogP contribution >= 0.6 is 11.3 Å². The predicted molar refractivity (Wildman–Crippen MR) is 117 cm³/mol. The van der Waals surface area contributed by atoms with E-state index in [-0.39, 0.29) is 16.9 Å². The topological polar surface area (TPSA) is 80.2 Å². The third kappa shape index (κ3) is 4.10. The molecule has 160 valence electrons. The van der Waals surface area contributed by atoms with Gasteiger partial charge in [-0.2, -0.15) is 4.39 Å². The molecule has 0 aromatic carbocycles. The number of aromatic nitrogens is 3. The number of halogens is 1. The molecule has 1 spiro atoms. The highest BCUT2D eigenvalue weighted by molar-refractivity contribution is 7.14. The summed E-state index contributed by atoms with van der Waals surface area (Å²) < 4.78 is 20.1. The van der Waals surface area contributed by atoms with Crippen molar-refractivity contribution in [3.8, 4) is 11.4 Å². The number of hydrogen-bond donors (Lipinski definition) is 1. The standard InChI is InChI=1S/C22H22FN5O2S/c23-19-18(16-5-1-3-11-24-16)27-20(31-19)26-13-15-7-9-22(10-8-15)14-28(21(29)30-22)17-6-2-4-12-25-17/h1-6,11-12,15H,7-10,13-14H2,(H,26,27). The number of hydrogen-bond acceptors (Lipinski definition) is 7. The van der Waals surface area contributed by atoms with Gasteiger partial charge in [0.15, 0.2) is 5.13 Å². The molecule has 0 bridgehead atoms. The van der Waals surface area contributed by atoms with Crippen LogP contribution in [0.4, 0.5) is 20.1 Å². The maximum Gasteiger partial charge on any atom is 0.416 e. The van der Waals surface area contributed by atoms with Crippen molar-refractivity contribution in [1.82, 2.24) is 15.0 Å². The van der Waals surface area contributed by atoms with Crippen LogP contribution in [0.25, 0.3) is 11.4 Å². The maximum atomic E-state index is 14.3. The molecule has 3 aromatic heterocycles. The molecule has 0 unspecified atom stereocenters. The molecule has 7 nitrogen and oxygen atoms in total. The summed E-state index contributed by atoms with van der Waals surface area (Å²) >= 11 is 1.00. The fourth-order valence-corrected chi connectivity index (χ4v) is 4.96. The number of pyridine rings is 2. The van der Waals surface area contributed by atoms with Gasteiger partial charge in [-0.1, -0.05) is 23.5 Å². The normalized spacial score (nSPS) is 23.2. The van der Waals surface area contributed by atoms with Gasteiger partial charge >= 0.3 is 6.09 Å². The fraction of sp³-hybridized carbons (Fsp3) is 0.364. The van der Waals surface area contributed by atoms with E-state index in [9.17, 15) is 9.18 Å². The van der Waals surface area contributed by atoms with Crippen LogP contribution in [-0.2, 0) is 4.74 Å². The molecule has 4 heterocycles. The molecular formula is C22H22FN5O2S. The molecule has 2 fully saturated rings. The lowest BCUT2D eigenvalue weighted by atomic mass is 9.78. The Morgan fingerprint density at radius 2 is 1.94 bits per heavy atom. The Morgan fingerprint density at radius 3 is 2.65 bits per heavy atom. The Hall–Kier alpha value is -3.07. The second kappa shape index (κ2) is 8.22. The Bertz CT molecular complexity index is 1050. The zero-order valence-corrected chi connectivity index (χ0v) is 17.6. The molecule has 1 aliphatic carbocycles. The Kier molecular flexibility index (Phi) is 5.27. The number of ether oxygens (including phenoxy) is 1. The van der Waals surface area contributed by atoms with E-state index in [1.54, 1.807) is 29.4 Å². The molecule has 1 saturated carbocycles. The highest BCUT2D eigenvalue weighted by Crippen LogP contribution is 2.40. The maximum absolute atomic E-state index is 14.3. The van der Waals surface area contributed by atoms with Crippen molar-refractivity contribution >= 4 is 28.4 Å². The van der Waals surface area contributed by atoms with Crippen LogP contribution in [0, 0.1) is 11.0 Å². The fourth-order valence-electron chi connectivity index (χ4n) is 4.25. The summed E-state index contributed by atoms with van der Waals surface area (Å²) in [5.74, 6) is 1.04. The molecule has 0 radical (unpaired) electrons. The number of nitrogens with zero attached hydrogens (tertiary/aromatic N) is 4. The third-order valence-corrected chi connectivity index (χ3v) is 6.75. The molecule has 0 atom stereocenters. The van der Waals surface area contributed by atoms with Crippen LogP contribution in [0.15, 0.2) is 48.8 Å². The van der Waals surface area contributed by atoms with Crippen molar-refractivity contribution in [2.45, 2.75) is 31.3 Å². The first-order valence-electron chi connectivity index (χ1n) is 10.4. The molecule has 5 rings (SSSR count). The summed E-state index contributed by atoms with van der Waals surface area (Å²) in [4.78, 5) is 26.8. The minimum absolute atomic E-state index is 0.281. The van der Waals surface area contributed by atoms with E-state index in [0.29, 0.717) is 35.7 Å². The summed E-state index contributed by atoms with van der Waals surface area (Å²) in [7, 11) is 0. The second-order valence-electron chi connectivity index (χ2n) is 8.01. The number of thiazole rings is 1. The van der Waals surface area contributed by atoms with Gasteiger partial charge in [0.2, 0.25) is 5.13 Å². The monoisotopic (exact) mass is 439 g/mol. The molecule has 3 aromatic rings. The van der Waals surface area contributed by atoms with Crippen molar-refractivity contribution in [3.63, 3.8) is 0 Å². The van der Waals surface area contributed by atoms with Crippen molar-refractivity contribution in [1.29, 1.82) is 0 Å². The summed E-state index contributed by atoms with van der Waals surface area (Å²) in [5, 5.41) is 3.50. The minimum atomic E-state index is -0.440. The van der Waals surface area contributed by atoms with E-state index in [0.717, 1.165) is 37.0 Å². The Morgan fingerprint density at radius 1 is 1.16 bits per heavy atom. The lowest BCUT2D eigenvalue weighted by molar-refractivity contribution is 0.0148. The zero-order valence-electron chi connectivity index (χ0n) is 16.8. The van der Waals surface area contributed by atoms with Crippen LogP contribution in [0.1, 0.15) is 25.7 Å². The number of rotatable bonds is 5. The first kappa shape index (κ1) is 19.9. The number of carbonyl (C=O) groups excluding carboxylic acids is 1. The zero-order chi connectivity index (χ0) is 21.3. The molecule has 1 saturated heterocycles. The first-order valence-corrected chi connectivity index (χ1v) is 11.2. The summed E-state index contributed by atoms with van der Waals surface area (Å²) in [6, 6.07) is 10.9. The Labute approximate surface area is 183 Å². The summed E-state index contributed by atoms with van der Waals surface area (Å²) in [6.07, 6.45) is 6.45. The molecule has 1 amide bonds. The van der Waals surface area contributed by atoms with E-state index >= 15 is 0 Å². The van der Waals surface area contributed by atoms with Gasteiger partial charge in [-0.05, 0) is 55.9 Å². The number of carbonyl (C=O) groups is 1. The highest BCUT2D eigenvalue weighted by Gasteiger charge is 2.47. The van der Waals surface area contributed by atoms with Gasteiger partial charge in [0.1, 0.15) is 17.1 Å². The summed E-state index contributed by atoms with van der Waals surface area (Å²) in [6.45, 7) is 1.25. The smallest absolute Gasteiger partial charge is 0.416 e. The van der Waals surface area contributed by atoms with Gasteiger partial charge in [-0.15, -0.1) is 0 Å². The van der Waals surface area contributed by atoms with E-state index in [1.165, 1.54) is 0 Å². The van der Waals surface area contributed by atoms with E-state index < -0.39 is 5.60 Å². The van der Waals surface area contributed by atoms with Crippen molar-refractivity contribution in [2.75, 3.05) is 23.3 Å². The molecule has 2 aliphatic rings. The van der Waals surface area contributed by atoms with Gasteiger partial charge in [0.05, 0.1) is 12.2 Å². The lowest BCUT2D eigenvalue weighted by Crippen LogP contribution is -2.39. The lowest BCUT2D eigenvalue weighted by Gasteiger charge is -2.35. The van der Waals surface area contributed by atoms with Crippen LogP contribution in [0.2, 0.25) is 0 Å². The largest absolute Gasteiger partial charge is 0.441 e. The molecule has 1 aliphatic heterocycles. The predicted octanol–water partition coefficient (Wildman–Crippen LogP) is 4.74. The van der Waals surface area contributed by atoms with Crippen LogP contribution < -0.4 is 10.2 Å². The highest BCUT2D eigenvalue weighted by atomic mass is 32.1. The van der Waals surface area contributed by atoms with Gasteiger partial charge < -0.3 is 10.1 Å². The van der Waals surface area contributed by atoms with E-state index in [1.807, 2.05) is 24.3 Å². The van der Waals surface area contributed by atoms with Gasteiger partial charge in [-0.3, -0.25) is 9.88 Å². The van der Waals surface area contributed by atoms with Crippen LogP contribution in [-0.4, -0.2) is 39.7 Å². The van der Waals surface area contributed by atoms with Crippen molar-refractivity contribution in [3.05, 3.63) is 53.9 Å². The van der Waals surface area contributed by atoms with Gasteiger partial charge in [0.25, 0.3) is 0 Å². The van der Waals surface area contributed by atoms with Crippen LogP contribution in [0.3, 0.4) is 0 Å². The molecular weight excluding hydrogens is 417 g/mol. The van der Waals surface area contributed by atoms with Crippen molar-refractivity contribution in [2.24, 2.45) is 5.92 Å². The van der Waals surface area contributed by atoms with E-state index in [4.69, 9.17) is 4.74 Å². The quantitative estimate of drug-likeness (QED) is 0.619. The van der Waals surface area contributed by atoms with Crippen molar-refractivity contribution < 1.29 is 13.9 Å². The average molecular weight is 440 g/mol. The first-order chi connectivity index (χ1) is 15.1. The summed E-state index contributed by atoms with van der Waals surface area (Å²) in [5.41, 5.74) is 0.373. The number of anilines is 2. The second-order valence-corrected chi connectivity index (χ2v) is 8.95. The molecule has 31 heavy (non-hydrogen) atoms. The van der Waals surface area contributed by atoms with E-state index in [2.05, 4.69) is 20.3 Å². The van der Waals surface area contributed by atoms with Gasteiger partial charge in [0, 0.05) is 18.9 Å². The minimum Gasteiger partial charge on any atom is -0.441 e. The SMILES string of the molecule is O=C1OC2(CCC(CNc3nc(-c4ccccn4)c(F)s3)CC2)CN1c1ccccn1. The number of amides is 1. The average Bonchev–Trinajstić information content (AvgIpc) is 3.34.